The summed E-state index contributed by atoms with van der Waals surface area (Å²) in [7, 11) is -0.950. The van der Waals surface area contributed by atoms with Crippen molar-refractivity contribution < 1.29 is 42.8 Å². The number of benzene rings is 3. The van der Waals surface area contributed by atoms with E-state index < -0.39 is 62.0 Å². The molecule has 1 amide bonds. The van der Waals surface area contributed by atoms with Gasteiger partial charge in [0.05, 0.1) is 24.4 Å². The van der Waals surface area contributed by atoms with Crippen LogP contribution in [-0.4, -0.2) is 69.0 Å². The maximum absolute atomic E-state index is 14.0. The topological polar surface area (TPSA) is 159 Å². The zero-order valence-corrected chi connectivity index (χ0v) is 36.0. The average Bonchev–Trinajstić information content (AvgIpc) is 3.16. The van der Waals surface area contributed by atoms with Crippen LogP contribution in [0.3, 0.4) is 0 Å². The Morgan fingerprint density at radius 3 is 2.14 bits per heavy atom. The Morgan fingerprint density at radius 2 is 1.60 bits per heavy atom. The molecule has 2 aliphatic heterocycles. The Morgan fingerprint density at radius 1 is 1.02 bits per heavy atom. The van der Waals surface area contributed by atoms with Crippen molar-refractivity contribution in [1.82, 2.24) is 0 Å². The summed E-state index contributed by atoms with van der Waals surface area (Å²) in [6, 6.07) is 21.3. The summed E-state index contributed by atoms with van der Waals surface area (Å²) in [6.45, 7) is 19.3. The summed E-state index contributed by atoms with van der Waals surface area (Å²) in [6.07, 6.45) is -3.78. The number of esters is 1. The predicted molar refractivity (Wildman–Crippen MR) is 220 cm³/mol. The highest BCUT2D eigenvalue weighted by Gasteiger charge is 2.52. The smallest absolute Gasteiger partial charge is 0.342 e. The molecule has 0 spiro atoms. The summed E-state index contributed by atoms with van der Waals surface area (Å²) in [5.41, 5.74) is 12.3. The molecule has 12 nitrogen and oxygen atoms in total. The van der Waals surface area contributed by atoms with Crippen LogP contribution in [0.5, 0.6) is 11.5 Å². The standard InChI is InChI=1S/C44H59N3O9Si/c1-27-31-21-34(55-42(50)39(31)35(53-26-30-19-15-12-16-20-30)23-33(27)52-25-29-17-13-11-14-18-29)28(2)32(48)22-37-44(6,7)38(56-57(9,10)43(3,4)5)24-36(54-37)40(51-8)41(49)46-47-45/h11-20,23,28,32,34,36-38,40,48H,21-22,24-26H2,1-10H3/t28-,32+,34?,36+,37-,38-,40+/m1/s1. The highest BCUT2D eigenvalue weighted by atomic mass is 28.4. The first kappa shape index (κ1) is 43.9. The fourth-order valence-electron chi connectivity index (χ4n) is 7.38. The van der Waals surface area contributed by atoms with Crippen molar-refractivity contribution in [2.75, 3.05) is 7.11 Å². The van der Waals surface area contributed by atoms with Crippen LogP contribution in [0, 0.1) is 18.3 Å². The van der Waals surface area contributed by atoms with Crippen molar-refractivity contribution in [3.63, 3.8) is 0 Å². The van der Waals surface area contributed by atoms with E-state index in [1.807, 2.05) is 88.4 Å². The average molecular weight is 802 g/mol. The number of rotatable bonds is 15. The van der Waals surface area contributed by atoms with E-state index in [1.54, 1.807) is 6.07 Å². The number of ether oxygens (including phenoxy) is 5. The van der Waals surface area contributed by atoms with Crippen LogP contribution in [-0.2, 0) is 43.1 Å². The van der Waals surface area contributed by atoms with Crippen LogP contribution in [0.1, 0.15) is 87.0 Å². The van der Waals surface area contributed by atoms with Gasteiger partial charge in [-0.15, -0.1) is 0 Å². The van der Waals surface area contributed by atoms with Crippen molar-refractivity contribution in [3.8, 4) is 11.5 Å². The largest absolute Gasteiger partial charge is 0.488 e. The van der Waals surface area contributed by atoms with E-state index in [-0.39, 0.29) is 24.2 Å². The van der Waals surface area contributed by atoms with Gasteiger partial charge in [0.1, 0.15) is 42.5 Å². The molecular formula is C44H59N3O9Si. The maximum atomic E-state index is 14.0. The number of carbonyl (C=O) groups is 2. The summed E-state index contributed by atoms with van der Waals surface area (Å²) >= 11 is 0. The van der Waals surface area contributed by atoms with E-state index >= 15 is 0 Å². The molecule has 1 fully saturated rings. The molecule has 57 heavy (non-hydrogen) atoms. The second kappa shape index (κ2) is 18.1. The third-order valence-electron chi connectivity index (χ3n) is 12.3. The lowest BCUT2D eigenvalue weighted by molar-refractivity contribution is -0.208. The highest BCUT2D eigenvalue weighted by molar-refractivity contribution is 6.74. The molecule has 13 heteroatoms. The highest BCUT2D eigenvalue weighted by Crippen LogP contribution is 2.47. The third kappa shape index (κ3) is 10.1. The number of methoxy groups -OCH3 is 1. The van der Waals surface area contributed by atoms with Gasteiger partial charge in [-0.05, 0) is 58.0 Å². The molecule has 3 aromatic carbocycles. The number of azide groups is 1. The SMILES string of the molecule is CO[C@H](C(=O)N=[N+]=[N-])[C@@H]1C[C@@H](O[Si](C)(C)C(C)(C)C)C(C)(C)[C@@H](C[C@H](O)[C@@H](C)C2Cc3c(C)c(OCc4ccccc4)cc(OCc4ccccc4)c3C(=O)O2)O1. The molecule has 1 N–H and O–H groups in total. The van der Waals surface area contributed by atoms with Crippen molar-refractivity contribution in [2.24, 2.45) is 16.4 Å². The molecule has 0 saturated carbocycles. The van der Waals surface area contributed by atoms with Gasteiger partial charge >= 0.3 is 5.97 Å². The number of aliphatic hydroxyl groups is 1. The molecule has 3 aromatic rings. The first-order valence-corrected chi connectivity index (χ1v) is 22.6. The Hall–Kier alpha value is -4.23. The number of hydrogen-bond donors (Lipinski definition) is 1. The summed E-state index contributed by atoms with van der Waals surface area (Å²) in [5.74, 6) is -0.866. The van der Waals surface area contributed by atoms with E-state index in [4.69, 9.17) is 33.6 Å². The lowest BCUT2D eigenvalue weighted by Crippen LogP contribution is -2.59. The molecule has 1 unspecified atom stereocenters. The lowest BCUT2D eigenvalue weighted by Gasteiger charge is -2.52. The fourth-order valence-corrected chi connectivity index (χ4v) is 8.84. The van der Waals surface area contributed by atoms with Crippen molar-refractivity contribution >= 4 is 20.2 Å². The molecule has 308 valence electrons. The van der Waals surface area contributed by atoms with Gasteiger partial charge in [-0.2, -0.15) is 0 Å². The molecule has 2 aliphatic rings. The maximum Gasteiger partial charge on any atom is 0.342 e. The van der Waals surface area contributed by atoms with Gasteiger partial charge in [0.25, 0.3) is 0 Å². The summed E-state index contributed by atoms with van der Waals surface area (Å²) in [5, 5.41) is 15.2. The monoisotopic (exact) mass is 801 g/mol. The van der Waals surface area contributed by atoms with Crippen LogP contribution in [0.2, 0.25) is 18.1 Å². The number of cyclic esters (lactones) is 1. The number of amides is 1. The Kier molecular flexibility index (Phi) is 14.0. The zero-order chi connectivity index (χ0) is 41.7. The molecule has 0 aliphatic carbocycles. The Bertz CT molecular complexity index is 1910. The minimum Gasteiger partial charge on any atom is -0.488 e. The molecule has 0 bridgehead atoms. The van der Waals surface area contributed by atoms with Gasteiger partial charge in [-0.25, -0.2) is 4.79 Å². The molecule has 2 heterocycles. The van der Waals surface area contributed by atoms with Gasteiger partial charge in [0.2, 0.25) is 5.91 Å². The second-order valence-electron chi connectivity index (χ2n) is 17.5. The van der Waals surface area contributed by atoms with Crippen molar-refractivity contribution in [1.29, 1.82) is 0 Å². The lowest BCUT2D eigenvalue weighted by atomic mass is 9.72. The zero-order valence-electron chi connectivity index (χ0n) is 35.0. The fraction of sp³-hybridized carbons (Fsp3) is 0.545. The number of carbonyl (C=O) groups excluding carboxylic acids is 2. The van der Waals surface area contributed by atoms with Gasteiger partial charge < -0.3 is 33.2 Å². The van der Waals surface area contributed by atoms with Crippen molar-refractivity contribution in [2.45, 2.75) is 136 Å². The van der Waals surface area contributed by atoms with E-state index in [0.29, 0.717) is 36.5 Å². The normalized spacial score (nSPS) is 22.3. The molecule has 5 rings (SSSR count). The van der Waals surface area contributed by atoms with Crippen LogP contribution in [0.15, 0.2) is 71.8 Å². The van der Waals surface area contributed by atoms with E-state index in [2.05, 4.69) is 43.9 Å². The second-order valence-corrected chi connectivity index (χ2v) is 22.2. The molecule has 0 radical (unpaired) electrons. The Labute approximate surface area is 337 Å². The van der Waals surface area contributed by atoms with Gasteiger partial charge in [0.15, 0.2) is 8.32 Å². The summed E-state index contributed by atoms with van der Waals surface area (Å²) < 4.78 is 38.0. The number of aliphatic hydroxyl groups excluding tert-OH is 1. The van der Waals surface area contributed by atoms with Crippen molar-refractivity contribution in [3.05, 3.63) is 105 Å². The Balaban J connectivity index is 1.42. The first-order chi connectivity index (χ1) is 26.9. The van der Waals surface area contributed by atoms with Gasteiger partial charge in [-0.1, -0.05) is 102 Å². The van der Waals surface area contributed by atoms with Crippen LogP contribution in [0.4, 0.5) is 0 Å². The van der Waals surface area contributed by atoms with E-state index in [0.717, 1.165) is 22.3 Å². The number of hydrogen-bond acceptors (Lipinski definition) is 9. The predicted octanol–water partition coefficient (Wildman–Crippen LogP) is 9.05. The van der Waals surface area contributed by atoms with Gasteiger partial charge in [0, 0.05) is 48.7 Å². The van der Waals surface area contributed by atoms with Crippen LogP contribution < -0.4 is 9.47 Å². The van der Waals surface area contributed by atoms with Crippen LogP contribution in [0.25, 0.3) is 10.4 Å². The van der Waals surface area contributed by atoms with E-state index in [1.165, 1.54) is 7.11 Å². The quantitative estimate of drug-likeness (QED) is 0.0520. The summed E-state index contributed by atoms with van der Waals surface area (Å²) in [4.78, 5) is 29.6. The number of fused-ring (bicyclic) bond motifs is 1. The third-order valence-corrected chi connectivity index (χ3v) is 16.8. The first-order valence-electron chi connectivity index (χ1n) is 19.7. The number of nitrogens with zero attached hydrogens (tertiary/aromatic N) is 3. The van der Waals surface area contributed by atoms with Gasteiger partial charge in [-0.3, -0.25) is 4.79 Å². The molecule has 1 saturated heterocycles. The van der Waals surface area contributed by atoms with E-state index in [9.17, 15) is 14.7 Å². The molecule has 0 aromatic heterocycles. The minimum atomic E-state index is -2.33. The van der Waals surface area contributed by atoms with Crippen LogP contribution >= 0.6 is 0 Å². The molecule has 7 atom stereocenters. The molecular weight excluding hydrogens is 743 g/mol. The minimum absolute atomic E-state index is 0.0971.